The first kappa shape index (κ1) is 12.8. The topological polar surface area (TPSA) is 43.5 Å². The van der Waals surface area contributed by atoms with E-state index in [0.29, 0.717) is 25.4 Å². The summed E-state index contributed by atoms with van der Waals surface area (Å²) in [6.07, 6.45) is 0.605. The van der Waals surface area contributed by atoms with Gasteiger partial charge in [-0.1, -0.05) is 6.07 Å². The molecular weight excluding hydrogens is 272 g/mol. The van der Waals surface area contributed by atoms with Crippen molar-refractivity contribution >= 4 is 24.1 Å². The highest BCUT2D eigenvalue weighted by atomic mass is 32.2. The maximum atomic E-state index is 5.47. The zero-order valence-corrected chi connectivity index (χ0v) is 11.4. The van der Waals surface area contributed by atoms with Crippen LogP contribution in [0.3, 0.4) is 0 Å². The van der Waals surface area contributed by atoms with Crippen molar-refractivity contribution in [3.63, 3.8) is 0 Å². The molecule has 0 amide bonds. The van der Waals surface area contributed by atoms with Gasteiger partial charge in [0.1, 0.15) is 12.2 Å². The van der Waals surface area contributed by atoms with Gasteiger partial charge in [-0.05, 0) is 18.2 Å². The van der Waals surface area contributed by atoms with Crippen molar-refractivity contribution < 1.29 is 17.8 Å². The van der Waals surface area contributed by atoms with Crippen LogP contribution in [0.25, 0.3) is 0 Å². The molecule has 2 unspecified atom stereocenters. The fourth-order valence-electron chi connectivity index (χ4n) is 1.26. The summed E-state index contributed by atoms with van der Waals surface area (Å²) in [6.45, 7) is 2.95. The van der Waals surface area contributed by atoms with Crippen LogP contribution in [0.15, 0.2) is 34.1 Å². The zero-order valence-electron chi connectivity index (χ0n) is 9.74. The molecule has 6 heteroatoms. The summed E-state index contributed by atoms with van der Waals surface area (Å²) in [5.74, 6) is 0. The molecular formula is C12H14O4S2. The van der Waals surface area contributed by atoms with E-state index in [0.717, 1.165) is 23.0 Å². The average Bonchev–Trinajstić information content (AvgIpc) is 3.25. The van der Waals surface area contributed by atoms with Crippen molar-refractivity contribution in [2.24, 2.45) is 0 Å². The lowest BCUT2D eigenvalue weighted by Gasteiger charge is -2.04. The molecule has 2 aliphatic heterocycles. The summed E-state index contributed by atoms with van der Waals surface area (Å²) in [7, 11) is 0. The lowest BCUT2D eigenvalue weighted by atomic mass is 10.4. The van der Waals surface area contributed by atoms with E-state index >= 15 is 0 Å². The highest BCUT2D eigenvalue weighted by Crippen LogP contribution is 2.27. The van der Waals surface area contributed by atoms with Gasteiger partial charge in [0.15, 0.2) is 0 Å². The third kappa shape index (κ3) is 4.46. The second kappa shape index (κ2) is 6.27. The smallest absolute Gasteiger partial charge is 0.106 e. The predicted octanol–water partition coefficient (Wildman–Crippen LogP) is 2.53. The van der Waals surface area contributed by atoms with Gasteiger partial charge >= 0.3 is 0 Å². The van der Waals surface area contributed by atoms with Crippen LogP contribution in [0.5, 0.6) is 0 Å². The molecule has 2 heterocycles. The Morgan fingerprint density at radius 3 is 1.94 bits per heavy atom. The van der Waals surface area contributed by atoms with Crippen LogP contribution in [-0.2, 0) is 17.8 Å². The predicted molar refractivity (Wildman–Crippen MR) is 69.5 cm³/mol. The Hall–Kier alpha value is -0.240. The monoisotopic (exact) mass is 286 g/mol. The van der Waals surface area contributed by atoms with E-state index in [2.05, 4.69) is 6.07 Å². The third-order valence-electron chi connectivity index (χ3n) is 2.43. The van der Waals surface area contributed by atoms with Gasteiger partial charge in [0, 0.05) is 33.9 Å². The van der Waals surface area contributed by atoms with Gasteiger partial charge in [-0.3, -0.25) is 0 Å². The molecule has 0 spiro atoms. The second-order valence-corrected chi connectivity index (χ2v) is 5.87. The molecule has 0 radical (unpaired) electrons. The standard InChI is InChI=1S/C12H14O4S2/c1-2-11(17-15-7-9-5-13-9)4-12(3-1)18-16-8-10-6-14-10/h1-4,9-10H,5-8H2. The van der Waals surface area contributed by atoms with Crippen molar-refractivity contribution in [3.05, 3.63) is 24.3 Å². The van der Waals surface area contributed by atoms with E-state index in [1.807, 2.05) is 18.2 Å². The molecule has 2 saturated heterocycles. The third-order valence-corrected chi connectivity index (χ3v) is 3.83. The van der Waals surface area contributed by atoms with Gasteiger partial charge in [-0.15, -0.1) is 0 Å². The van der Waals surface area contributed by atoms with E-state index in [4.69, 9.17) is 17.8 Å². The second-order valence-electron chi connectivity index (χ2n) is 4.12. The van der Waals surface area contributed by atoms with Crippen molar-refractivity contribution in [1.29, 1.82) is 0 Å². The molecule has 0 aromatic heterocycles. The lowest BCUT2D eigenvalue weighted by molar-refractivity contribution is 0.295. The SMILES string of the molecule is c1cc(SOCC2CO2)cc(SOCC2CO2)c1. The zero-order chi connectivity index (χ0) is 12.2. The highest BCUT2D eigenvalue weighted by Gasteiger charge is 2.23. The molecule has 2 aliphatic rings. The van der Waals surface area contributed by atoms with Gasteiger partial charge in [0.05, 0.1) is 26.4 Å². The van der Waals surface area contributed by atoms with Crippen LogP contribution >= 0.6 is 24.1 Å². The molecule has 1 aromatic carbocycles. The summed E-state index contributed by atoms with van der Waals surface area (Å²) in [5.41, 5.74) is 0. The fourth-order valence-corrected chi connectivity index (χ4v) is 2.67. The molecule has 2 atom stereocenters. The molecule has 0 saturated carbocycles. The Morgan fingerprint density at radius 1 is 1.00 bits per heavy atom. The Bertz CT molecular complexity index is 360. The molecule has 2 fully saturated rings. The first-order valence-corrected chi connectivity index (χ1v) is 7.31. The van der Waals surface area contributed by atoms with E-state index in [1.54, 1.807) is 0 Å². The van der Waals surface area contributed by atoms with Crippen molar-refractivity contribution in [3.8, 4) is 0 Å². The molecule has 1 aromatic rings. The minimum Gasteiger partial charge on any atom is -0.371 e. The summed E-state index contributed by atoms with van der Waals surface area (Å²) < 4.78 is 21.1. The van der Waals surface area contributed by atoms with E-state index in [9.17, 15) is 0 Å². The Morgan fingerprint density at radius 2 is 1.50 bits per heavy atom. The van der Waals surface area contributed by atoms with Crippen LogP contribution in [0.1, 0.15) is 0 Å². The van der Waals surface area contributed by atoms with Crippen LogP contribution in [0.2, 0.25) is 0 Å². The fraction of sp³-hybridized carbons (Fsp3) is 0.500. The van der Waals surface area contributed by atoms with Crippen LogP contribution in [0, 0.1) is 0 Å². The quantitative estimate of drug-likeness (QED) is 0.540. The van der Waals surface area contributed by atoms with Gasteiger partial charge in [0.25, 0.3) is 0 Å². The van der Waals surface area contributed by atoms with Crippen LogP contribution < -0.4 is 0 Å². The lowest BCUT2D eigenvalue weighted by Crippen LogP contribution is -1.95. The van der Waals surface area contributed by atoms with Crippen molar-refractivity contribution in [1.82, 2.24) is 0 Å². The first-order valence-electron chi connectivity index (χ1n) is 5.82. The maximum absolute atomic E-state index is 5.47. The summed E-state index contributed by atoms with van der Waals surface area (Å²) >= 11 is 2.76. The number of hydrogen-bond donors (Lipinski definition) is 0. The molecule has 18 heavy (non-hydrogen) atoms. The number of ether oxygens (including phenoxy) is 2. The first-order chi connectivity index (χ1) is 8.90. The summed E-state index contributed by atoms with van der Waals surface area (Å²) in [6, 6.07) is 8.09. The minimum atomic E-state index is 0.303. The largest absolute Gasteiger partial charge is 0.371 e. The molecule has 98 valence electrons. The van der Waals surface area contributed by atoms with Crippen molar-refractivity contribution in [2.75, 3.05) is 26.4 Å². The minimum absolute atomic E-state index is 0.303. The van der Waals surface area contributed by atoms with Crippen molar-refractivity contribution in [2.45, 2.75) is 22.0 Å². The van der Waals surface area contributed by atoms with E-state index in [1.165, 1.54) is 24.1 Å². The van der Waals surface area contributed by atoms with Gasteiger partial charge in [-0.25, -0.2) is 0 Å². The highest BCUT2D eigenvalue weighted by molar-refractivity contribution is 7.95. The molecule has 0 bridgehead atoms. The molecule has 4 nitrogen and oxygen atoms in total. The van der Waals surface area contributed by atoms with Crippen LogP contribution in [-0.4, -0.2) is 38.6 Å². The van der Waals surface area contributed by atoms with Gasteiger partial charge in [-0.2, -0.15) is 0 Å². The summed E-state index contributed by atoms with van der Waals surface area (Å²) in [4.78, 5) is 2.15. The number of hydrogen-bond acceptors (Lipinski definition) is 6. The Kier molecular flexibility index (Phi) is 4.45. The normalized spacial score (nSPS) is 25.1. The molecule has 0 N–H and O–H groups in total. The number of benzene rings is 1. The van der Waals surface area contributed by atoms with E-state index < -0.39 is 0 Å². The Labute approximate surface area is 115 Å². The van der Waals surface area contributed by atoms with Crippen LogP contribution in [0.4, 0.5) is 0 Å². The Balaban J connectivity index is 1.41. The molecule has 0 aliphatic carbocycles. The average molecular weight is 286 g/mol. The maximum Gasteiger partial charge on any atom is 0.106 e. The summed E-state index contributed by atoms with van der Waals surface area (Å²) in [5, 5.41) is 0. The van der Waals surface area contributed by atoms with E-state index in [-0.39, 0.29) is 0 Å². The van der Waals surface area contributed by atoms with Gasteiger partial charge < -0.3 is 17.8 Å². The number of epoxide rings is 2. The van der Waals surface area contributed by atoms with Gasteiger partial charge in [0.2, 0.25) is 0 Å². The number of rotatable bonds is 8. The molecule has 3 rings (SSSR count).